The lowest BCUT2D eigenvalue weighted by molar-refractivity contribution is 1.28. The van der Waals surface area contributed by atoms with Crippen LogP contribution in [0.3, 0.4) is 0 Å². The van der Waals surface area contributed by atoms with Crippen molar-refractivity contribution in [2.24, 2.45) is 0 Å². The van der Waals surface area contributed by atoms with Gasteiger partial charge in [0, 0.05) is 16.9 Å². The van der Waals surface area contributed by atoms with Crippen molar-refractivity contribution < 1.29 is 0 Å². The molecule has 0 amide bonds. The van der Waals surface area contributed by atoms with Gasteiger partial charge in [-0.1, -0.05) is 182 Å². The van der Waals surface area contributed by atoms with Crippen LogP contribution in [0.2, 0.25) is 0 Å². The molecule has 0 bridgehead atoms. The molecule has 9 aromatic carbocycles. The molecule has 0 unspecified atom stereocenters. The normalized spacial score (nSPS) is 11.0. The van der Waals surface area contributed by atoms with E-state index in [9.17, 15) is 0 Å². The first-order valence-electron chi connectivity index (χ1n) is 18.2. The van der Waals surface area contributed by atoms with Gasteiger partial charge in [-0.3, -0.25) is 0 Å². The lowest BCUT2D eigenvalue weighted by atomic mass is 9.95. The average molecular weight is 676 g/mol. The summed E-state index contributed by atoms with van der Waals surface area (Å²) in [4.78, 5) is 2.41. The predicted molar refractivity (Wildman–Crippen MR) is 226 cm³/mol. The van der Waals surface area contributed by atoms with Crippen molar-refractivity contribution in [3.63, 3.8) is 0 Å². The molecule has 0 spiro atoms. The van der Waals surface area contributed by atoms with Crippen molar-refractivity contribution in [1.82, 2.24) is 0 Å². The van der Waals surface area contributed by atoms with Crippen LogP contribution in [0.25, 0.3) is 66.4 Å². The summed E-state index contributed by atoms with van der Waals surface area (Å²) in [7, 11) is 0. The third-order valence-electron chi connectivity index (χ3n) is 10.0. The molecule has 9 aromatic rings. The second kappa shape index (κ2) is 14.3. The van der Waals surface area contributed by atoms with Crippen LogP contribution in [-0.4, -0.2) is 0 Å². The van der Waals surface area contributed by atoms with Gasteiger partial charge >= 0.3 is 0 Å². The summed E-state index contributed by atoms with van der Waals surface area (Å²) in [6.45, 7) is 0. The monoisotopic (exact) mass is 675 g/mol. The minimum Gasteiger partial charge on any atom is -0.310 e. The van der Waals surface area contributed by atoms with E-state index in [1.165, 1.54) is 66.4 Å². The van der Waals surface area contributed by atoms with Crippen molar-refractivity contribution >= 4 is 27.8 Å². The van der Waals surface area contributed by atoms with E-state index in [2.05, 4.69) is 229 Å². The minimum absolute atomic E-state index is 1.09. The lowest BCUT2D eigenvalue weighted by Crippen LogP contribution is -2.11. The van der Waals surface area contributed by atoms with Crippen LogP contribution in [0.4, 0.5) is 17.1 Å². The van der Waals surface area contributed by atoms with E-state index in [0.29, 0.717) is 0 Å². The Labute approximate surface area is 311 Å². The molecule has 9 rings (SSSR count). The second-order valence-electron chi connectivity index (χ2n) is 13.4. The average Bonchev–Trinajstić information content (AvgIpc) is 3.25. The molecule has 0 fully saturated rings. The van der Waals surface area contributed by atoms with E-state index >= 15 is 0 Å². The highest BCUT2D eigenvalue weighted by atomic mass is 15.1. The smallest absolute Gasteiger partial charge is 0.0540 e. The summed E-state index contributed by atoms with van der Waals surface area (Å²) in [6.07, 6.45) is 0. The molecule has 1 nitrogen and oxygen atoms in total. The van der Waals surface area contributed by atoms with Crippen molar-refractivity contribution in [1.29, 1.82) is 0 Å². The topological polar surface area (TPSA) is 3.24 Å². The number of anilines is 3. The highest BCUT2D eigenvalue weighted by molar-refractivity contribution is 5.97. The molecule has 0 aliphatic carbocycles. The van der Waals surface area contributed by atoms with Gasteiger partial charge < -0.3 is 4.90 Å². The standard InChI is InChI=1S/C52H37N/c1-4-16-38(17-5-1)45-35-46(39-18-6-2-7-19-39)37-48(36-45)53(52-29-13-12-27-51(52)42-20-8-3-9-21-42)47-32-30-40(31-33-47)43-24-14-25-44(34-43)50-28-15-23-41-22-10-11-26-49(41)50/h1-37H. The molecule has 0 aliphatic heterocycles. The predicted octanol–water partition coefficient (Wildman–Crippen LogP) is 14.6. The van der Waals surface area contributed by atoms with Gasteiger partial charge in [0.15, 0.2) is 0 Å². The molecule has 0 heterocycles. The van der Waals surface area contributed by atoms with E-state index in [1.807, 2.05) is 0 Å². The largest absolute Gasteiger partial charge is 0.310 e. The minimum atomic E-state index is 1.09. The van der Waals surface area contributed by atoms with Gasteiger partial charge in [0.1, 0.15) is 0 Å². The van der Waals surface area contributed by atoms with Crippen molar-refractivity contribution in [2.45, 2.75) is 0 Å². The summed E-state index contributed by atoms with van der Waals surface area (Å²) >= 11 is 0. The Balaban J connectivity index is 1.19. The van der Waals surface area contributed by atoms with Crippen molar-refractivity contribution in [2.75, 3.05) is 4.90 Å². The number of hydrogen-bond acceptors (Lipinski definition) is 1. The molecule has 0 aromatic heterocycles. The summed E-state index contributed by atoms with van der Waals surface area (Å²) < 4.78 is 0. The van der Waals surface area contributed by atoms with Crippen LogP contribution >= 0.6 is 0 Å². The molecule has 1 heteroatoms. The Morgan fingerprint density at radius 2 is 0.717 bits per heavy atom. The highest BCUT2D eigenvalue weighted by Crippen LogP contribution is 2.44. The fourth-order valence-corrected chi connectivity index (χ4v) is 7.44. The molecule has 0 atom stereocenters. The Bertz CT molecular complexity index is 2580. The first-order valence-corrected chi connectivity index (χ1v) is 18.2. The summed E-state index contributed by atoms with van der Waals surface area (Å²) in [5.41, 5.74) is 15.2. The second-order valence-corrected chi connectivity index (χ2v) is 13.4. The number of nitrogens with zero attached hydrogens (tertiary/aromatic N) is 1. The fourth-order valence-electron chi connectivity index (χ4n) is 7.44. The number of para-hydroxylation sites is 1. The van der Waals surface area contributed by atoms with Gasteiger partial charge in [-0.25, -0.2) is 0 Å². The Hall–Kier alpha value is -6.96. The van der Waals surface area contributed by atoms with Crippen molar-refractivity contribution in [3.8, 4) is 55.6 Å². The molecule has 250 valence electrons. The highest BCUT2D eigenvalue weighted by Gasteiger charge is 2.19. The fraction of sp³-hybridized carbons (Fsp3) is 0. The molecule has 0 saturated carbocycles. The first kappa shape index (κ1) is 32.0. The molecule has 0 saturated heterocycles. The SMILES string of the molecule is c1ccc(-c2cc(-c3ccccc3)cc(N(c3ccc(-c4cccc(-c5cccc6ccccc56)c4)cc3)c3ccccc3-c3ccccc3)c2)cc1. The molecule has 0 radical (unpaired) electrons. The van der Waals surface area contributed by atoms with Gasteiger partial charge in [0.2, 0.25) is 0 Å². The van der Waals surface area contributed by atoms with Gasteiger partial charge in [0.25, 0.3) is 0 Å². The van der Waals surface area contributed by atoms with E-state index in [1.54, 1.807) is 0 Å². The van der Waals surface area contributed by atoms with Crippen LogP contribution in [0, 0.1) is 0 Å². The molecular weight excluding hydrogens is 639 g/mol. The maximum Gasteiger partial charge on any atom is 0.0540 e. The molecule has 53 heavy (non-hydrogen) atoms. The van der Waals surface area contributed by atoms with Crippen LogP contribution in [-0.2, 0) is 0 Å². The van der Waals surface area contributed by atoms with Gasteiger partial charge in [-0.2, -0.15) is 0 Å². The first-order chi connectivity index (χ1) is 26.3. The summed E-state index contributed by atoms with van der Waals surface area (Å²) in [5, 5.41) is 2.52. The molecule has 0 N–H and O–H groups in total. The number of fused-ring (bicyclic) bond motifs is 1. The van der Waals surface area contributed by atoms with Crippen LogP contribution in [0.1, 0.15) is 0 Å². The van der Waals surface area contributed by atoms with E-state index < -0.39 is 0 Å². The summed E-state index contributed by atoms with van der Waals surface area (Å²) in [5.74, 6) is 0. The quantitative estimate of drug-likeness (QED) is 0.155. The van der Waals surface area contributed by atoms with E-state index in [4.69, 9.17) is 0 Å². The van der Waals surface area contributed by atoms with Crippen LogP contribution in [0.5, 0.6) is 0 Å². The zero-order valence-electron chi connectivity index (χ0n) is 29.3. The van der Waals surface area contributed by atoms with E-state index in [-0.39, 0.29) is 0 Å². The summed E-state index contributed by atoms with van der Waals surface area (Å²) in [6, 6.07) is 80.9. The Morgan fingerprint density at radius 1 is 0.245 bits per heavy atom. The van der Waals surface area contributed by atoms with Crippen molar-refractivity contribution in [3.05, 3.63) is 224 Å². The third kappa shape index (κ3) is 6.53. The Morgan fingerprint density at radius 3 is 1.42 bits per heavy atom. The van der Waals surface area contributed by atoms with E-state index in [0.717, 1.165) is 17.1 Å². The Kier molecular flexibility index (Phi) is 8.66. The zero-order chi connectivity index (χ0) is 35.4. The number of benzene rings is 9. The number of hydrogen-bond donors (Lipinski definition) is 0. The maximum atomic E-state index is 2.41. The van der Waals surface area contributed by atoms with Crippen LogP contribution in [0.15, 0.2) is 224 Å². The molecular formula is C52H37N. The lowest BCUT2D eigenvalue weighted by Gasteiger charge is -2.29. The zero-order valence-corrected chi connectivity index (χ0v) is 29.3. The molecule has 0 aliphatic rings. The maximum absolute atomic E-state index is 2.41. The van der Waals surface area contributed by atoms with Gasteiger partial charge in [0.05, 0.1) is 5.69 Å². The van der Waals surface area contributed by atoms with Gasteiger partial charge in [-0.15, -0.1) is 0 Å². The number of rotatable bonds is 8. The van der Waals surface area contributed by atoms with Crippen LogP contribution < -0.4 is 4.90 Å². The van der Waals surface area contributed by atoms with Gasteiger partial charge in [-0.05, 0) is 103 Å². The third-order valence-corrected chi connectivity index (χ3v) is 10.0.